The molecule has 0 unspecified atom stereocenters. The van der Waals surface area contributed by atoms with Crippen LogP contribution in [0.5, 0.6) is 0 Å². The van der Waals surface area contributed by atoms with E-state index in [1.807, 2.05) is 135 Å². The average Bonchev–Trinajstić information content (AvgIpc) is 3.66. The van der Waals surface area contributed by atoms with Crippen LogP contribution in [0.15, 0.2) is 121 Å². The molecule has 1 amide bonds. The first-order chi connectivity index (χ1) is 21.3. The lowest BCUT2D eigenvalue weighted by Crippen LogP contribution is -2.67. The number of carbonyl (C=O) groups is 3. The van der Waals surface area contributed by atoms with Gasteiger partial charge in [0.2, 0.25) is 5.91 Å². The van der Waals surface area contributed by atoms with E-state index in [0.29, 0.717) is 0 Å². The maximum absolute atomic E-state index is 14.7. The van der Waals surface area contributed by atoms with Gasteiger partial charge in [0, 0.05) is 4.75 Å². The van der Waals surface area contributed by atoms with Crippen LogP contribution in [0.4, 0.5) is 0 Å². The third-order valence-corrected chi connectivity index (χ3v) is 11.3. The largest absolute Gasteiger partial charge is 0.469 e. The first-order valence-electron chi connectivity index (χ1n) is 14.8. The van der Waals surface area contributed by atoms with Gasteiger partial charge < -0.3 is 14.4 Å². The van der Waals surface area contributed by atoms with Gasteiger partial charge in [-0.3, -0.25) is 9.59 Å². The molecule has 0 bridgehead atoms. The van der Waals surface area contributed by atoms with E-state index in [1.165, 1.54) is 7.11 Å². The molecule has 1 saturated carbocycles. The zero-order valence-electron chi connectivity index (χ0n) is 24.8. The minimum Gasteiger partial charge on any atom is -0.469 e. The summed E-state index contributed by atoms with van der Waals surface area (Å²) in [4.78, 5) is 44.3. The first-order valence-corrected chi connectivity index (χ1v) is 15.7. The van der Waals surface area contributed by atoms with Crippen LogP contribution in [-0.2, 0) is 29.3 Å². The van der Waals surface area contributed by atoms with Crippen molar-refractivity contribution in [3.05, 3.63) is 144 Å². The Bertz CT molecular complexity index is 1630. The predicted molar refractivity (Wildman–Crippen MR) is 169 cm³/mol. The zero-order chi connectivity index (χ0) is 30.7. The fourth-order valence-corrected chi connectivity index (χ4v) is 9.67. The third kappa shape index (κ3) is 3.78. The van der Waals surface area contributed by atoms with Crippen LogP contribution in [0.2, 0.25) is 0 Å². The third-order valence-electron chi connectivity index (χ3n) is 9.60. The zero-order valence-corrected chi connectivity index (χ0v) is 25.6. The summed E-state index contributed by atoms with van der Waals surface area (Å²) >= 11 is 1.57. The van der Waals surface area contributed by atoms with E-state index < -0.39 is 51.0 Å². The maximum Gasteiger partial charge on any atom is 0.331 e. The number of amides is 1. The topological polar surface area (TPSA) is 72.9 Å². The normalized spacial score (nSPS) is 25.7. The summed E-state index contributed by atoms with van der Waals surface area (Å²) in [6.45, 7) is 3.95. The van der Waals surface area contributed by atoms with E-state index in [9.17, 15) is 14.4 Å². The molecule has 0 N–H and O–H groups in total. The second-order valence-corrected chi connectivity index (χ2v) is 13.9. The highest BCUT2D eigenvalue weighted by Gasteiger charge is 2.95. The minimum atomic E-state index is -1.10. The molecule has 3 aliphatic rings. The average molecular weight is 604 g/mol. The van der Waals surface area contributed by atoms with Crippen LogP contribution in [0.1, 0.15) is 42.2 Å². The monoisotopic (exact) mass is 603 g/mol. The molecule has 222 valence electrons. The van der Waals surface area contributed by atoms with E-state index in [4.69, 9.17) is 9.47 Å². The van der Waals surface area contributed by atoms with Crippen LogP contribution in [0.3, 0.4) is 0 Å². The van der Waals surface area contributed by atoms with Crippen molar-refractivity contribution in [2.45, 2.75) is 41.5 Å². The Morgan fingerprint density at radius 1 is 0.727 bits per heavy atom. The van der Waals surface area contributed by atoms with E-state index in [-0.39, 0.29) is 5.91 Å². The van der Waals surface area contributed by atoms with Crippen molar-refractivity contribution in [3.63, 3.8) is 0 Å². The molecule has 4 atom stereocenters. The summed E-state index contributed by atoms with van der Waals surface area (Å²) in [5.41, 5.74) is 1.42. The van der Waals surface area contributed by atoms with Gasteiger partial charge in [-0.2, -0.15) is 0 Å². The van der Waals surface area contributed by atoms with Gasteiger partial charge in [0.1, 0.15) is 11.5 Å². The van der Waals surface area contributed by atoms with Gasteiger partial charge in [-0.25, -0.2) is 4.79 Å². The molecule has 0 aromatic heterocycles. The molecular weight excluding hydrogens is 570 g/mol. The minimum absolute atomic E-state index is 0.221. The van der Waals surface area contributed by atoms with Crippen molar-refractivity contribution in [2.24, 2.45) is 11.3 Å². The van der Waals surface area contributed by atoms with E-state index >= 15 is 0 Å². The number of rotatable bonds is 7. The highest BCUT2D eigenvalue weighted by Crippen LogP contribution is 2.83. The lowest BCUT2D eigenvalue weighted by Gasteiger charge is -2.47. The number of benzene rings is 4. The number of methoxy groups -OCH3 is 1. The van der Waals surface area contributed by atoms with E-state index in [2.05, 4.69) is 0 Å². The molecular formula is C37H33NO5S. The number of hydrogen-bond acceptors (Lipinski definition) is 6. The number of ether oxygens (including phenoxy) is 2. The molecule has 7 rings (SSSR count). The Hall–Kier alpha value is -4.36. The number of hydrogen-bond donors (Lipinski definition) is 0. The first kappa shape index (κ1) is 28.4. The number of fused-ring (bicyclic) bond motifs is 2. The van der Waals surface area contributed by atoms with Gasteiger partial charge in [0.15, 0.2) is 6.10 Å². The highest BCUT2D eigenvalue weighted by molar-refractivity contribution is 8.01. The summed E-state index contributed by atoms with van der Waals surface area (Å²) < 4.78 is 11.0. The molecule has 2 aliphatic heterocycles. The Balaban J connectivity index is 1.30. The van der Waals surface area contributed by atoms with Crippen LogP contribution in [0, 0.1) is 11.3 Å². The summed E-state index contributed by atoms with van der Waals surface area (Å²) in [5.74, 6) is -1.85. The number of esters is 2. The molecule has 6 nitrogen and oxygen atoms in total. The van der Waals surface area contributed by atoms with Crippen LogP contribution >= 0.6 is 11.8 Å². The molecule has 7 heteroatoms. The molecule has 1 aliphatic carbocycles. The van der Waals surface area contributed by atoms with Gasteiger partial charge in [-0.1, -0.05) is 121 Å². The molecule has 4 aromatic rings. The number of thioether (sulfide) groups is 1. The van der Waals surface area contributed by atoms with Crippen molar-refractivity contribution in [1.29, 1.82) is 0 Å². The Morgan fingerprint density at radius 2 is 1.18 bits per heavy atom. The summed E-state index contributed by atoms with van der Waals surface area (Å²) in [6, 6.07) is 37.9. The van der Waals surface area contributed by atoms with Gasteiger partial charge in [-0.15, -0.1) is 11.8 Å². The van der Waals surface area contributed by atoms with E-state index in [0.717, 1.165) is 22.3 Å². The molecule has 0 radical (unpaired) electrons. The fraction of sp³-hybridized carbons (Fsp3) is 0.270. The molecule has 4 aromatic carbocycles. The molecule has 3 fully saturated rings. The molecule has 44 heavy (non-hydrogen) atoms. The second kappa shape index (κ2) is 10.4. The Labute approximate surface area is 261 Å². The van der Waals surface area contributed by atoms with Crippen LogP contribution in [0.25, 0.3) is 0 Å². The van der Waals surface area contributed by atoms with Crippen molar-refractivity contribution >= 4 is 29.6 Å². The standard InChI is InChI=1S/C37H33NO5S/c1-35(2)30(32(40)43-28(24-16-8-4-9-17-24)25-18-10-5-11-19-25)38-33(41)37(34(38)44-35)29(31(39)42-3)36(37,26-20-12-6-13-21-26)27-22-14-7-15-23-27/h4-23,28-30,34H,1-3H3/t29-,30-,34+,37+/m0/s1. The lowest BCUT2D eigenvalue weighted by atomic mass is 9.75. The number of β-lactam (4-membered cyclic amide) rings is 1. The van der Waals surface area contributed by atoms with Crippen molar-refractivity contribution in [3.8, 4) is 0 Å². The maximum atomic E-state index is 14.7. The van der Waals surface area contributed by atoms with E-state index in [1.54, 1.807) is 16.7 Å². The Kier molecular flexibility index (Phi) is 6.70. The Morgan fingerprint density at radius 3 is 1.64 bits per heavy atom. The van der Waals surface area contributed by atoms with Crippen molar-refractivity contribution < 1.29 is 23.9 Å². The van der Waals surface area contributed by atoms with Gasteiger partial charge in [-0.05, 0) is 36.1 Å². The highest BCUT2D eigenvalue weighted by atomic mass is 32.2. The van der Waals surface area contributed by atoms with Gasteiger partial charge >= 0.3 is 11.9 Å². The SMILES string of the molecule is COC(=O)[C@H]1C(c2ccccc2)(c2ccccc2)[C@@]12C(=O)N1[C@@H](C(=O)OC(c3ccccc3)c3ccccc3)C(C)(C)S[C@@H]12. The van der Waals surface area contributed by atoms with Crippen molar-refractivity contribution in [1.82, 2.24) is 4.90 Å². The number of nitrogens with zero attached hydrogens (tertiary/aromatic N) is 1. The summed E-state index contributed by atoms with van der Waals surface area (Å²) in [6.07, 6.45) is -0.633. The molecule has 1 spiro atoms. The fourth-order valence-electron chi connectivity index (χ4n) is 7.82. The predicted octanol–water partition coefficient (Wildman–Crippen LogP) is 6.16. The van der Waals surface area contributed by atoms with Crippen molar-refractivity contribution in [2.75, 3.05) is 7.11 Å². The molecule has 2 heterocycles. The smallest absolute Gasteiger partial charge is 0.331 e. The van der Waals surface area contributed by atoms with Gasteiger partial charge in [0.05, 0.1) is 23.8 Å². The summed E-state index contributed by atoms with van der Waals surface area (Å²) in [7, 11) is 1.37. The van der Waals surface area contributed by atoms with Gasteiger partial charge in [0.25, 0.3) is 0 Å². The second-order valence-electron chi connectivity index (χ2n) is 12.2. The van der Waals surface area contributed by atoms with Crippen LogP contribution in [-0.4, -0.2) is 46.0 Å². The van der Waals surface area contributed by atoms with Crippen LogP contribution < -0.4 is 0 Å². The molecule has 2 saturated heterocycles. The lowest BCUT2D eigenvalue weighted by molar-refractivity contribution is -0.173. The summed E-state index contributed by atoms with van der Waals surface area (Å²) in [5, 5.41) is -0.432. The quantitative estimate of drug-likeness (QED) is 0.186. The number of carbonyl (C=O) groups excluding carboxylic acids is 3.